The molecule has 31 heavy (non-hydrogen) atoms. The molecule has 1 aliphatic heterocycles. The Hall–Kier alpha value is -4.08. The molecule has 0 aliphatic carbocycles. The number of halogens is 1. The number of carbonyl (C=O) groups excluding carboxylic acids is 2. The molecule has 2 N–H and O–H groups in total. The van der Waals surface area contributed by atoms with E-state index in [9.17, 15) is 34.0 Å². The largest absolute Gasteiger partial charge is 0.507 e. The molecule has 0 bridgehead atoms. The van der Waals surface area contributed by atoms with Gasteiger partial charge in [-0.05, 0) is 48.4 Å². The van der Waals surface area contributed by atoms with Gasteiger partial charge in [0, 0.05) is 30.7 Å². The molecule has 3 rings (SSSR count). The van der Waals surface area contributed by atoms with Crippen LogP contribution in [0.2, 0.25) is 0 Å². The molecule has 1 fully saturated rings. The molecule has 1 saturated heterocycles. The Morgan fingerprint density at radius 3 is 2.23 bits per heavy atom. The first-order chi connectivity index (χ1) is 14.7. The maximum atomic E-state index is 13.2. The van der Waals surface area contributed by atoms with Gasteiger partial charge < -0.3 is 15.1 Å². The third-order valence-electron chi connectivity index (χ3n) is 4.87. The van der Waals surface area contributed by atoms with Crippen LogP contribution < -0.4 is 0 Å². The van der Waals surface area contributed by atoms with Crippen LogP contribution in [0, 0.1) is 15.9 Å². The number of carbonyl (C=O) groups is 3. The summed E-state index contributed by atoms with van der Waals surface area (Å²) in [6.07, 6.45) is -0.184. The molecule has 1 atom stereocenters. The van der Waals surface area contributed by atoms with Crippen molar-refractivity contribution in [2.24, 2.45) is 0 Å². The first-order valence-corrected chi connectivity index (χ1v) is 9.21. The van der Waals surface area contributed by atoms with Crippen LogP contribution in [-0.4, -0.2) is 44.2 Å². The van der Waals surface area contributed by atoms with Crippen LogP contribution >= 0.6 is 0 Å². The SMILES string of the molecule is O=C(O)CCCN1C(=O)C(=O)/C(=C(\O)c2ccc(F)cc2)C1c1ccc([N+](=O)[O-])cc1. The van der Waals surface area contributed by atoms with E-state index in [1.54, 1.807) is 0 Å². The molecular formula is C21H17FN2O7. The van der Waals surface area contributed by atoms with Crippen molar-refractivity contribution in [2.45, 2.75) is 18.9 Å². The Morgan fingerprint density at radius 2 is 1.68 bits per heavy atom. The van der Waals surface area contributed by atoms with E-state index >= 15 is 0 Å². The van der Waals surface area contributed by atoms with Gasteiger partial charge in [-0.2, -0.15) is 0 Å². The number of likely N-dealkylation sites (tertiary alicyclic amines) is 1. The van der Waals surface area contributed by atoms with E-state index in [0.29, 0.717) is 5.56 Å². The van der Waals surface area contributed by atoms with E-state index in [4.69, 9.17) is 5.11 Å². The van der Waals surface area contributed by atoms with Gasteiger partial charge in [0.05, 0.1) is 16.5 Å². The number of Topliss-reactive ketones (excluding diaryl/α,β-unsaturated/α-hetero) is 1. The predicted molar refractivity (Wildman–Crippen MR) is 105 cm³/mol. The first kappa shape index (κ1) is 21.6. The monoisotopic (exact) mass is 428 g/mol. The molecule has 1 heterocycles. The number of hydrogen-bond acceptors (Lipinski definition) is 6. The summed E-state index contributed by atoms with van der Waals surface area (Å²) < 4.78 is 13.2. The first-order valence-electron chi connectivity index (χ1n) is 9.21. The Labute approximate surface area is 175 Å². The van der Waals surface area contributed by atoms with Crippen molar-refractivity contribution in [3.8, 4) is 0 Å². The minimum absolute atomic E-state index is 0.0580. The van der Waals surface area contributed by atoms with Gasteiger partial charge >= 0.3 is 5.97 Å². The maximum absolute atomic E-state index is 13.2. The third-order valence-corrected chi connectivity index (χ3v) is 4.87. The molecule has 1 amide bonds. The lowest BCUT2D eigenvalue weighted by atomic mass is 9.95. The van der Waals surface area contributed by atoms with Crippen LogP contribution in [0.4, 0.5) is 10.1 Å². The topological polar surface area (TPSA) is 138 Å². The molecule has 0 radical (unpaired) electrons. The van der Waals surface area contributed by atoms with Crippen molar-refractivity contribution < 1.29 is 33.9 Å². The minimum Gasteiger partial charge on any atom is -0.507 e. The molecule has 10 heteroatoms. The fourth-order valence-corrected chi connectivity index (χ4v) is 3.40. The molecule has 0 saturated carbocycles. The second-order valence-electron chi connectivity index (χ2n) is 6.85. The van der Waals surface area contributed by atoms with Gasteiger partial charge in [0.2, 0.25) is 0 Å². The van der Waals surface area contributed by atoms with Crippen LogP contribution in [-0.2, 0) is 14.4 Å². The number of hydrogen-bond donors (Lipinski definition) is 2. The van der Waals surface area contributed by atoms with E-state index in [0.717, 1.165) is 17.0 Å². The Bertz CT molecular complexity index is 1080. The smallest absolute Gasteiger partial charge is 0.303 e. The Balaban J connectivity index is 2.10. The Morgan fingerprint density at radius 1 is 1.06 bits per heavy atom. The molecule has 1 aliphatic rings. The number of benzene rings is 2. The van der Waals surface area contributed by atoms with Crippen molar-refractivity contribution in [2.75, 3.05) is 6.54 Å². The molecule has 0 aromatic heterocycles. The molecule has 9 nitrogen and oxygen atoms in total. The number of ketones is 1. The van der Waals surface area contributed by atoms with Gasteiger partial charge in [-0.25, -0.2) is 4.39 Å². The standard InChI is InChI=1S/C21H17FN2O7/c22-14-7-3-13(4-8-14)19(27)17-18(12-5-9-15(10-6-12)24(30)31)23(21(29)20(17)28)11-1-2-16(25)26/h3-10,18,27H,1-2,11H2,(H,25,26)/b19-17-. The van der Waals surface area contributed by atoms with Gasteiger partial charge in [-0.3, -0.25) is 24.5 Å². The number of rotatable bonds is 7. The third kappa shape index (κ3) is 4.42. The van der Waals surface area contributed by atoms with Crippen molar-refractivity contribution in [3.63, 3.8) is 0 Å². The number of amides is 1. The zero-order valence-electron chi connectivity index (χ0n) is 16.0. The lowest BCUT2D eigenvalue weighted by Crippen LogP contribution is -2.31. The molecule has 0 spiro atoms. The highest BCUT2D eigenvalue weighted by Crippen LogP contribution is 2.39. The number of nitro benzene ring substituents is 1. The molecule has 160 valence electrons. The summed E-state index contributed by atoms with van der Waals surface area (Å²) in [5.74, 6) is -4.08. The average molecular weight is 428 g/mol. The summed E-state index contributed by atoms with van der Waals surface area (Å²) in [5.41, 5.74) is -0.0356. The summed E-state index contributed by atoms with van der Waals surface area (Å²) in [6.45, 7) is -0.0846. The lowest BCUT2D eigenvalue weighted by molar-refractivity contribution is -0.384. The number of aliphatic hydroxyl groups is 1. The van der Waals surface area contributed by atoms with Gasteiger partial charge in [0.25, 0.3) is 17.4 Å². The number of nitro groups is 1. The highest BCUT2D eigenvalue weighted by atomic mass is 19.1. The number of carboxylic acids is 1. The summed E-state index contributed by atoms with van der Waals surface area (Å²) in [7, 11) is 0. The maximum Gasteiger partial charge on any atom is 0.303 e. The van der Waals surface area contributed by atoms with Gasteiger partial charge in [-0.1, -0.05) is 0 Å². The highest BCUT2D eigenvalue weighted by molar-refractivity contribution is 6.46. The zero-order chi connectivity index (χ0) is 22.7. The average Bonchev–Trinajstić information content (AvgIpc) is 2.98. The summed E-state index contributed by atoms with van der Waals surface area (Å²) in [6, 6.07) is 8.69. The van der Waals surface area contributed by atoms with Gasteiger partial charge in [0.1, 0.15) is 11.6 Å². The fourth-order valence-electron chi connectivity index (χ4n) is 3.40. The zero-order valence-corrected chi connectivity index (χ0v) is 16.0. The lowest BCUT2D eigenvalue weighted by Gasteiger charge is -2.25. The van der Waals surface area contributed by atoms with Crippen LogP contribution in [0.3, 0.4) is 0 Å². The van der Waals surface area contributed by atoms with Gasteiger partial charge in [0.15, 0.2) is 0 Å². The summed E-state index contributed by atoms with van der Waals surface area (Å²) in [4.78, 5) is 47.7. The number of carboxylic acid groups (broad SMARTS) is 1. The summed E-state index contributed by atoms with van der Waals surface area (Å²) >= 11 is 0. The van der Waals surface area contributed by atoms with Crippen molar-refractivity contribution in [1.82, 2.24) is 4.90 Å². The van der Waals surface area contributed by atoms with Gasteiger partial charge in [-0.15, -0.1) is 0 Å². The molecule has 1 unspecified atom stereocenters. The summed E-state index contributed by atoms with van der Waals surface area (Å²) in [5, 5.41) is 30.6. The molecular weight excluding hydrogens is 411 g/mol. The quantitative estimate of drug-likeness (QED) is 0.227. The fraction of sp³-hybridized carbons (Fsp3) is 0.190. The predicted octanol–water partition coefficient (Wildman–Crippen LogP) is 3.02. The number of aliphatic carboxylic acids is 1. The van der Waals surface area contributed by atoms with E-state index in [2.05, 4.69) is 0 Å². The normalized spacial score (nSPS) is 17.7. The minimum atomic E-state index is -1.08. The highest BCUT2D eigenvalue weighted by Gasteiger charge is 2.45. The molecule has 2 aromatic rings. The number of non-ortho nitro benzene ring substituents is 1. The number of aliphatic hydroxyl groups excluding tert-OH is 1. The van der Waals surface area contributed by atoms with E-state index in [1.807, 2.05) is 0 Å². The van der Waals surface area contributed by atoms with Crippen LogP contribution in [0.15, 0.2) is 54.1 Å². The van der Waals surface area contributed by atoms with Crippen molar-refractivity contribution in [1.29, 1.82) is 0 Å². The van der Waals surface area contributed by atoms with Crippen LogP contribution in [0.25, 0.3) is 5.76 Å². The van der Waals surface area contributed by atoms with Crippen molar-refractivity contribution >= 4 is 29.1 Å². The van der Waals surface area contributed by atoms with Crippen molar-refractivity contribution in [3.05, 3.63) is 81.2 Å². The molecule has 2 aromatic carbocycles. The van der Waals surface area contributed by atoms with E-state index in [1.165, 1.54) is 36.4 Å². The Kier molecular flexibility index (Phi) is 6.10. The van der Waals surface area contributed by atoms with E-state index in [-0.39, 0.29) is 36.2 Å². The second-order valence-corrected chi connectivity index (χ2v) is 6.85. The van der Waals surface area contributed by atoms with Crippen LogP contribution in [0.5, 0.6) is 0 Å². The number of nitrogens with zero attached hydrogens (tertiary/aromatic N) is 2. The van der Waals surface area contributed by atoms with E-state index < -0.39 is 40.2 Å². The second kappa shape index (κ2) is 8.74. The van der Waals surface area contributed by atoms with Crippen LogP contribution in [0.1, 0.15) is 30.0 Å².